The molecule has 0 aliphatic rings. The summed E-state index contributed by atoms with van der Waals surface area (Å²) >= 11 is 3.40. The maximum absolute atomic E-state index is 11.7. The van der Waals surface area contributed by atoms with E-state index < -0.39 is 0 Å². The van der Waals surface area contributed by atoms with Crippen LogP contribution >= 0.6 is 15.9 Å². The quantitative estimate of drug-likeness (QED) is 0.571. The van der Waals surface area contributed by atoms with Crippen molar-refractivity contribution in [2.45, 2.75) is 20.8 Å². The fraction of sp³-hybridized carbons (Fsp3) is 0.278. The van der Waals surface area contributed by atoms with Gasteiger partial charge in [-0.1, -0.05) is 28.1 Å². The van der Waals surface area contributed by atoms with E-state index in [0.29, 0.717) is 12.2 Å². The highest BCUT2D eigenvalue weighted by Crippen LogP contribution is 2.22. The number of aromatic nitrogens is 1. The second-order valence-corrected chi connectivity index (χ2v) is 5.63. The van der Waals surface area contributed by atoms with Gasteiger partial charge in [-0.25, -0.2) is 4.79 Å². The number of hydrogen-bond donors (Lipinski definition) is 0. The molecule has 0 amide bonds. The van der Waals surface area contributed by atoms with Gasteiger partial charge in [-0.2, -0.15) is 0 Å². The summed E-state index contributed by atoms with van der Waals surface area (Å²) in [5.74, 6) is -0.282. The minimum atomic E-state index is -0.282. The standard InChI is InChI=1S/C18H20BrNO2/c1-4-22-18(21)15-7-9-17(10-8-15)20-13(2)12-16(14(20)3)6-5-11-19/h5-10,12H,4,11H2,1-3H3. The summed E-state index contributed by atoms with van der Waals surface area (Å²) in [4.78, 5) is 11.7. The van der Waals surface area contributed by atoms with Crippen LogP contribution < -0.4 is 0 Å². The predicted octanol–water partition coefficient (Wildman–Crippen LogP) is 4.68. The van der Waals surface area contributed by atoms with Crippen LogP contribution in [-0.4, -0.2) is 22.5 Å². The fourth-order valence-electron chi connectivity index (χ4n) is 2.49. The summed E-state index contributed by atoms with van der Waals surface area (Å²) in [7, 11) is 0. The van der Waals surface area contributed by atoms with Crippen molar-refractivity contribution in [2.75, 3.05) is 11.9 Å². The van der Waals surface area contributed by atoms with E-state index in [1.54, 1.807) is 19.1 Å². The zero-order valence-electron chi connectivity index (χ0n) is 13.1. The number of hydrogen-bond acceptors (Lipinski definition) is 2. The Hall–Kier alpha value is -1.81. The van der Waals surface area contributed by atoms with Crippen molar-refractivity contribution in [3.05, 3.63) is 58.9 Å². The lowest BCUT2D eigenvalue weighted by Gasteiger charge is -2.10. The van der Waals surface area contributed by atoms with Gasteiger partial charge in [0, 0.05) is 22.4 Å². The van der Waals surface area contributed by atoms with Crippen LogP contribution in [0.5, 0.6) is 0 Å². The lowest BCUT2D eigenvalue weighted by molar-refractivity contribution is 0.0526. The highest BCUT2D eigenvalue weighted by atomic mass is 79.9. The number of allylic oxidation sites excluding steroid dienone is 1. The molecule has 0 atom stereocenters. The third kappa shape index (κ3) is 3.50. The summed E-state index contributed by atoms with van der Waals surface area (Å²) in [6.45, 7) is 6.37. The first-order chi connectivity index (χ1) is 10.6. The van der Waals surface area contributed by atoms with Crippen molar-refractivity contribution in [3.8, 4) is 5.69 Å². The summed E-state index contributed by atoms with van der Waals surface area (Å²) in [5.41, 5.74) is 5.16. The Morgan fingerprint density at radius 2 is 1.95 bits per heavy atom. The van der Waals surface area contributed by atoms with Crippen molar-refractivity contribution >= 4 is 28.0 Å². The second kappa shape index (κ2) is 7.45. The summed E-state index contributed by atoms with van der Waals surface area (Å²) < 4.78 is 7.19. The topological polar surface area (TPSA) is 31.2 Å². The maximum Gasteiger partial charge on any atom is 0.338 e. The number of halogens is 1. The minimum Gasteiger partial charge on any atom is -0.462 e. The molecule has 4 heteroatoms. The number of rotatable bonds is 5. The lowest BCUT2D eigenvalue weighted by Crippen LogP contribution is -2.05. The van der Waals surface area contributed by atoms with Gasteiger partial charge in [-0.05, 0) is 56.7 Å². The molecule has 1 aromatic heterocycles. The first-order valence-corrected chi connectivity index (χ1v) is 8.39. The fourth-order valence-corrected chi connectivity index (χ4v) is 2.67. The molecular formula is C18H20BrNO2. The Bertz CT molecular complexity index is 684. The van der Waals surface area contributed by atoms with Gasteiger partial charge in [-0.15, -0.1) is 0 Å². The molecule has 0 fully saturated rings. The Morgan fingerprint density at radius 1 is 1.27 bits per heavy atom. The number of esters is 1. The summed E-state index contributed by atoms with van der Waals surface area (Å²) in [6.07, 6.45) is 4.19. The molecule has 2 aromatic rings. The number of carbonyl (C=O) groups is 1. The summed E-state index contributed by atoms with van der Waals surface area (Å²) in [6, 6.07) is 9.67. The number of alkyl halides is 1. The van der Waals surface area contributed by atoms with Crippen LogP contribution in [0, 0.1) is 13.8 Å². The normalized spacial score (nSPS) is 11.1. The van der Waals surface area contributed by atoms with Crippen molar-refractivity contribution in [1.29, 1.82) is 0 Å². The molecular weight excluding hydrogens is 342 g/mol. The third-order valence-electron chi connectivity index (χ3n) is 3.49. The van der Waals surface area contributed by atoms with Crippen LogP contribution in [0.25, 0.3) is 11.8 Å². The minimum absolute atomic E-state index is 0.282. The maximum atomic E-state index is 11.7. The molecule has 0 saturated carbocycles. The van der Waals surface area contributed by atoms with E-state index in [-0.39, 0.29) is 5.97 Å². The number of ether oxygens (including phenoxy) is 1. The van der Waals surface area contributed by atoms with Gasteiger partial charge in [0.1, 0.15) is 0 Å². The third-order valence-corrected chi connectivity index (χ3v) is 3.87. The monoisotopic (exact) mass is 361 g/mol. The molecule has 0 radical (unpaired) electrons. The number of carbonyl (C=O) groups excluding carboxylic acids is 1. The molecule has 116 valence electrons. The highest BCUT2D eigenvalue weighted by Gasteiger charge is 2.10. The van der Waals surface area contributed by atoms with Gasteiger partial charge in [-0.3, -0.25) is 0 Å². The molecule has 0 aliphatic heterocycles. The van der Waals surface area contributed by atoms with Crippen LogP contribution in [-0.2, 0) is 4.74 Å². The average molecular weight is 362 g/mol. The SMILES string of the molecule is CCOC(=O)c1ccc(-n2c(C)cc(C=CCBr)c2C)cc1. The van der Waals surface area contributed by atoms with E-state index >= 15 is 0 Å². The largest absolute Gasteiger partial charge is 0.462 e. The molecule has 0 saturated heterocycles. The van der Waals surface area contributed by atoms with E-state index in [1.807, 2.05) is 12.1 Å². The number of benzene rings is 1. The van der Waals surface area contributed by atoms with Gasteiger partial charge in [0.2, 0.25) is 0 Å². The van der Waals surface area contributed by atoms with Crippen LogP contribution in [0.4, 0.5) is 0 Å². The lowest BCUT2D eigenvalue weighted by atomic mass is 10.2. The van der Waals surface area contributed by atoms with E-state index in [0.717, 1.165) is 16.7 Å². The van der Waals surface area contributed by atoms with E-state index in [4.69, 9.17) is 4.74 Å². The van der Waals surface area contributed by atoms with Crippen molar-refractivity contribution in [2.24, 2.45) is 0 Å². The molecule has 0 aliphatic carbocycles. The average Bonchev–Trinajstić information content (AvgIpc) is 2.80. The molecule has 22 heavy (non-hydrogen) atoms. The Kier molecular flexibility index (Phi) is 5.61. The van der Waals surface area contributed by atoms with Crippen LogP contribution in [0.3, 0.4) is 0 Å². The van der Waals surface area contributed by atoms with Gasteiger partial charge in [0.15, 0.2) is 0 Å². The van der Waals surface area contributed by atoms with E-state index in [2.05, 4.69) is 52.6 Å². The van der Waals surface area contributed by atoms with Gasteiger partial charge >= 0.3 is 5.97 Å². The highest BCUT2D eigenvalue weighted by molar-refractivity contribution is 9.09. The number of nitrogens with zero attached hydrogens (tertiary/aromatic N) is 1. The van der Waals surface area contributed by atoms with Crippen molar-refractivity contribution in [1.82, 2.24) is 4.57 Å². The van der Waals surface area contributed by atoms with Crippen molar-refractivity contribution < 1.29 is 9.53 Å². The van der Waals surface area contributed by atoms with Gasteiger partial charge in [0.05, 0.1) is 12.2 Å². The molecule has 0 bridgehead atoms. The van der Waals surface area contributed by atoms with Crippen LogP contribution in [0.15, 0.2) is 36.4 Å². The zero-order chi connectivity index (χ0) is 16.1. The van der Waals surface area contributed by atoms with E-state index in [1.165, 1.54) is 11.3 Å². The van der Waals surface area contributed by atoms with Crippen LogP contribution in [0.2, 0.25) is 0 Å². The zero-order valence-corrected chi connectivity index (χ0v) is 14.7. The molecule has 1 aromatic carbocycles. The molecule has 0 N–H and O–H groups in total. The Balaban J connectivity index is 2.34. The van der Waals surface area contributed by atoms with Gasteiger partial charge < -0.3 is 9.30 Å². The van der Waals surface area contributed by atoms with Crippen molar-refractivity contribution in [3.63, 3.8) is 0 Å². The molecule has 2 rings (SSSR count). The first-order valence-electron chi connectivity index (χ1n) is 7.27. The first kappa shape index (κ1) is 16.6. The van der Waals surface area contributed by atoms with Gasteiger partial charge in [0.25, 0.3) is 0 Å². The Labute approximate surface area is 139 Å². The van der Waals surface area contributed by atoms with E-state index in [9.17, 15) is 4.79 Å². The Morgan fingerprint density at radius 3 is 2.55 bits per heavy atom. The number of aryl methyl sites for hydroxylation is 1. The molecule has 3 nitrogen and oxygen atoms in total. The smallest absolute Gasteiger partial charge is 0.338 e. The molecule has 0 unspecified atom stereocenters. The second-order valence-electron chi connectivity index (χ2n) is 4.99. The summed E-state index contributed by atoms with van der Waals surface area (Å²) in [5, 5.41) is 0.838. The molecule has 1 heterocycles. The predicted molar refractivity (Wildman–Crippen MR) is 94.0 cm³/mol. The molecule has 0 spiro atoms. The van der Waals surface area contributed by atoms with Crippen LogP contribution in [0.1, 0.15) is 34.2 Å².